The fraction of sp³-hybridized carbons (Fsp3) is 0.0800. The first-order valence-corrected chi connectivity index (χ1v) is 9.77. The zero-order valence-corrected chi connectivity index (χ0v) is 16.5. The van der Waals surface area contributed by atoms with Crippen molar-refractivity contribution in [3.05, 3.63) is 101 Å². The molecule has 0 fully saturated rings. The molecule has 0 spiro atoms. The van der Waals surface area contributed by atoms with Crippen molar-refractivity contribution in [2.24, 2.45) is 0 Å². The van der Waals surface area contributed by atoms with Crippen LogP contribution in [0.15, 0.2) is 72.9 Å². The Morgan fingerprint density at radius 3 is 2.23 bits per heavy atom. The second-order valence-corrected chi connectivity index (χ2v) is 7.44. The van der Waals surface area contributed by atoms with Gasteiger partial charge in [0.15, 0.2) is 0 Å². The van der Waals surface area contributed by atoms with Crippen molar-refractivity contribution in [3.63, 3.8) is 0 Å². The van der Waals surface area contributed by atoms with E-state index in [1.807, 2.05) is 0 Å². The van der Waals surface area contributed by atoms with E-state index in [-0.39, 0.29) is 5.52 Å². The molecule has 31 heavy (non-hydrogen) atoms. The van der Waals surface area contributed by atoms with Crippen molar-refractivity contribution in [2.45, 2.75) is 13.0 Å². The van der Waals surface area contributed by atoms with E-state index in [0.29, 0.717) is 33.2 Å². The monoisotopic (exact) mass is 414 g/mol. The molecule has 1 unspecified atom stereocenters. The van der Waals surface area contributed by atoms with Crippen molar-refractivity contribution in [2.75, 3.05) is 0 Å². The first kappa shape index (κ1) is 19.1. The van der Waals surface area contributed by atoms with Crippen molar-refractivity contribution >= 4 is 22.7 Å². The minimum Gasteiger partial charge on any atom is -0.269 e. The third-order valence-corrected chi connectivity index (χ3v) is 5.65. The maximum atomic E-state index is 14.4. The molecule has 0 N–H and O–H groups in total. The maximum Gasteiger partial charge on any atom is 0.262 e. The summed E-state index contributed by atoms with van der Waals surface area (Å²) in [5.74, 6) is -1.76. The number of amides is 2. The summed E-state index contributed by atoms with van der Waals surface area (Å²) in [7, 11) is 0. The second kappa shape index (κ2) is 7.09. The highest BCUT2D eigenvalue weighted by Gasteiger charge is 2.39. The van der Waals surface area contributed by atoms with Crippen molar-refractivity contribution in [1.82, 2.24) is 9.88 Å². The van der Waals surface area contributed by atoms with E-state index in [4.69, 9.17) is 0 Å². The van der Waals surface area contributed by atoms with Gasteiger partial charge in [0.05, 0.1) is 17.2 Å². The molecule has 2 amide bonds. The molecule has 0 saturated heterocycles. The van der Waals surface area contributed by atoms with Gasteiger partial charge in [-0.15, -0.1) is 0 Å². The van der Waals surface area contributed by atoms with E-state index in [9.17, 15) is 18.4 Å². The molecule has 2 heterocycles. The molecule has 1 aliphatic rings. The minimum absolute atomic E-state index is 0.139. The molecule has 1 atom stereocenters. The zero-order valence-electron chi connectivity index (χ0n) is 16.5. The van der Waals surface area contributed by atoms with Crippen LogP contribution in [0.2, 0.25) is 0 Å². The second-order valence-electron chi connectivity index (χ2n) is 7.44. The van der Waals surface area contributed by atoms with Crippen LogP contribution in [0.4, 0.5) is 8.78 Å². The lowest BCUT2D eigenvalue weighted by molar-refractivity contribution is 0.0595. The van der Waals surface area contributed by atoms with Crippen LogP contribution in [0.25, 0.3) is 22.0 Å². The van der Waals surface area contributed by atoms with Crippen LogP contribution in [0, 0.1) is 11.6 Å². The summed E-state index contributed by atoms with van der Waals surface area (Å²) in [6.07, 6.45) is 1.46. The highest BCUT2D eigenvalue weighted by molar-refractivity contribution is 6.21. The summed E-state index contributed by atoms with van der Waals surface area (Å²) in [4.78, 5) is 31.5. The molecule has 4 nitrogen and oxygen atoms in total. The van der Waals surface area contributed by atoms with Crippen molar-refractivity contribution in [1.29, 1.82) is 0 Å². The Balaban J connectivity index is 1.73. The van der Waals surface area contributed by atoms with Gasteiger partial charge < -0.3 is 0 Å². The maximum absolute atomic E-state index is 14.4. The van der Waals surface area contributed by atoms with Crippen LogP contribution >= 0.6 is 0 Å². The highest BCUT2D eigenvalue weighted by atomic mass is 19.1. The van der Waals surface area contributed by atoms with Crippen LogP contribution in [0.5, 0.6) is 0 Å². The molecular formula is C25H16F2N2O2. The quantitative estimate of drug-likeness (QED) is 0.414. The predicted octanol–water partition coefficient (Wildman–Crippen LogP) is 5.54. The lowest BCUT2D eigenvalue weighted by Crippen LogP contribution is -2.33. The first-order valence-electron chi connectivity index (χ1n) is 9.77. The summed E-state index contributed by atoms with van der Waals surface area (Å²) in [5.41, 5.74) is 2.39. The average molecular weight is 414 g/mol. The molecule has 0 bridgehead atoms. The van der Waals surface area contributed by atoms with Crippen molar-refractivity contribution in [3.8, 4) is 11.1 Å². The van der Waals surface area contributed by atoms with Gasteiger partial charge in [-0.2, -0.15) is 0 Å². The van der Waals surface area contributed by atoms with Gasteiger partial charge in [0.2, 0.25) is 0 Å². The SMILES string of the molecule is CC(c1cnc2c(F)cccc2c1-c1cccc(F)c1)N1C(=O)c2ccccc2C1=O. The molecule has 5 rings (SSSR count). The number of pyridine rings is 1. The van der Waals surface area contributed by atoms with Gasteiger partial charge in [-0.3, -0.25) is 19.5 Å². The predicted molar refractivity (Wildman–Crippen MR) is 112 cm³/mol. The normalized spacial score (nSPS) is 14.2. The average Bonchev–Trinajstić information content (AvgIpc) is 3.03. The Kier molecular flexibility index (Phi) is 4.36. The Morgan fingerprint density at radius 2 is 1.55 bits per heavy atom. The van der Waals surface area contributed by atoms with E-state index < -0.39 is 29.5 Å². The molecule has 6 heteroatoms. The number of aromatic nitrogens is 1. The summed E-state index contributed by atoms with van der Waals surface area (Å²) >= 11 is 0. The van der Waals surface area contributed by atoms with Gasteiger partial charge >= 0.3 is 0 Å². The van der Waals surface area contributed by atoms with Gasteiger partial charge in [0.1, 0.15) is 17.2 Å². The fourth-order valence-electron chi connectivity index (χ4n) is 4.18. The summed E-state index contributed by atoms with van der Waals surface area (Å²) in [6.45, 7) is 1.71. The molecular weight excluding hydrogens is 398 g/mol. The minimum atomic E-state index is -0.703. The van der Waals surface area contributed by atoms with Gasteiger partial charge in [0, 0.05) is 17.1 Å². The van der Waals surface area contributed by atoms with Crippen LogP contribution in [-0.2, 0) is 0 Å². The lowest BCUT2D eigenvalue weighted by atomic mass is 9.92. The van der Waals surface area contributed by atoms with Crippen LogP contribution < -0.4 is 0 Å². The van der Waals surface area contributed by atoms with Gasteiger partial charge in [0.25, 0.3) is 11.8 Å². The Bertz CT molecular complexity index is 1350. The Morgan fingerprint density at radius 1 is 0.871 bits per heavy atom. The Hall–Kier alpha value is -3.93. The molecule has 0 aliphatic carbocycles. The van der Waals surface area contributed by atoms with E-state index in [2.05, 4.69) is 4.98 Å². The third-order valence-electron chi connectivity index (χ3n) is 5.65. The molecule has 4 aromatic rings. The first-order chi connectivity index (χ1) is 15.0. The van der Waals surface area contributed by atoms with Gasteiger partial charge in [-0.05, 0) is 48.4 Å². The zero-order chi connectivity index (χ0) is 21.7. The smallest absolute Gasteiger partial charge is 0.262 e. The standard InChI is InChI=1S/C25H16F2N2O2/c1-14(29-24(30)17-8-2-3-9-18(17)25(29)31)20-13-28-23-19(10-5-11-21(23)27)22(20)15-6-4-7-16(26)12-15/h2-14H,1H3. The summed E-state index contributed by atoms with van der Waals surface area (Å²) in [6, 6.07) is 16.4. The molecule has 1 aromatic heterocycles. The number of carbonyl (C=O) groups is 2. The number of carbonyl (C=O) groups excluding carboxylic acids is 2. The number of halogens is 2. The molecule has 1 aliphatic heterocycles. The highest BCUT2D eigenvalue weighted by Crippen LogP contribution is 2.39. The molecule has 152 valence electrons. The number of para-hydroxylation sites is 1. The number of nitrogens with zero attached hydrogens (tertiary/aromatic N) is 2. The summed E-state index contributed by atoms with van der Waals surface area (Å²) < 4.78 is 28.5. The van der Waals surface area contributed by atoms with Crippen molar-refractivity contribution < 1.29 is 18.4 Å². The van der Waals surface area contributed by atoms with Crippen LogP contribution in [0.1, 0.15) is 39.2 Å². The van der Waals surface area contributed by atoms with E-state index in [0.717, 1.165) is 0 Å². The third kappa shape index (κ3) is 2.91. The van der Waals surface area contributed by atoms with Gasteiger partial charge in [-0.1, -0.05) is 36.4 Å². The Labute approximate surface area is 176 Å². The van der Waals surface area contributed by atoms with Crippen LogP contribution in [-0.4, -0.2) is 21.7 Å². The summed E-state index contributed by atoms with van der Waals surface area (Å²) in [5, 5.41) is 0.478. The number of benzene rings is 3. The molecule has 0 radical (unpaired) electrons. The van der Waals surface area contributed by atoms with Crippen LogP contribution in [0.3, 0.4) is 0 Å². The van der Waals surface area contributed by atoms with E-state index in [1.165, 1.54) is 29.3 Å². The van der Waals surface area contributed by atoms with Gasteiger partial charge in [-0.25, -0.2) is 8.78 Å². The molecule has 0 saturated carbocycles. The number of fused-ring (bicyclic) bond motifs is 2. The van der Waals surface area contributed by atoms with E-state index in [1.54, 1.807) is 55.5 Å². The van der Waals surface area contributed by atoms with E-state index >= 15 is 0 Å². The largest absolute Gasteiger partial charge is 0.269 e. The number of hydrogen-bond donors (Lipinski definition) is 0. The molecule has 3 aromatic carbocycles. The number of rotatable bonds is 3. The lowest BCUT2D eigenvalue weighted by Gasteiger charge is -2.25. The fourth-order valence-corrected chi connectivity index (χ4v) is 4.18. The topological polar surface area (TPSA) is 50.3 Å². The number of imide groups is 1. The number of hydrogen-bond acceptors (Lipinski definition) is 3.